The van der Waals surface area contributed by atoms with E-state index in [1.165, 1.54) is 24.3 Å². The third kappa shape index (κ3) is 2.81. The fraction of sp³-hybridized carbons (Fsp3) is 0.125. The molecule has 0 bridgehead atoms. The van der Waals surface area contributed by atoms with Crippen LogP contribution in [0.2, 0.25) is 0 Å². The Hall–Kier alpha value is -1.43. The van der Waals surface area contributed by atoms with Crippen LogP contribution < -0.4 is 0 Å². The number of aromatic hydroxyl groups is 1. The minimum absolute atomic E-state index is 0.200. The van der Waals surface area contributed by atoms with Crippen molar-refractivity contribution in [3.05, 3.63) is 29.8 Å². The Bertz CT molecular complexity index is 452. The van der Waals surface area contributed by atoms with Gasteiger partial charge in [-0.3, -0.25) is 4.79 Å². The molecular weight excluding hydrogens is 211 g/mol. The van der Waals surface area contributed by atoms with Crippen molar-refractivity contribution >= 4 is 16.0 Å². The highest BCUT2D eigenvalue weighted by atomic mass is 32.3. The molecule has 1 aromatic rings. The molecule has 76 valence electrons. The van der Waals surface area contributed by atoms with Gasteiger partial charge in [0.05, 0.1) is 5.56 Å². The van der Waals surface area contributed by atoms with E-state index in [1.807, 2.05) is 0 Å². The van der Waals surface area contributed by atoms with Crippen molar-refractivity contribution in [3.63, 3.8) is 0 Å². The lowest BCUT2D eigenvalue weighted by Crippen LogP contribution is -2.12. The topological polar surface area (TPSA) is 71.4 Å². The third-order valence-electron chi connectivity index (χ3n) is 1.51. The first-order valence-corrected chi connectivity index (χ1v) is 5.19. The van der Waals surface area contributed by atoms with Gasteiger partial charge in [-0.1, -0.05) is 12.1 Å². The van der Waals surface area contributed by atoms with Crippen LogP contribution in [0.25, 0.3) is 0 Å². The number of ketones is 1. The number of hydrogen-bond acceptors (Lipinski definition) is 4. The standard InChI is InChI=1S/C8H7FO4S/c9-14(12,13)5-8(11)6-3-1-2-4-7(6)10/h1-4,10H,5H2. The molecule has 4 nitrogen and oxygen atoms in total. The van der Waals surface area contributed by atoms with Crippen molar-refractivity contribution in [2.24, 2.45) is 0 Å². The monoisotopic (exact) mass is 218 g/mol. The van der Waals surface area contributed by atoms with Gasteiger partial charge >= 0.3 is 10.2 Å². The molecule has 0 atom stereocenters. The van der Waals surface area contributed by atoms with Gasteiger partial charge in [-0.25, -0.2) is 0 Å². The molecule has 1 aromatic carbocycles. The fourth-order valence-electron chi connectivity index (χ4n) is 0.944. The molecular formula is C8H7FO4S. The summed E-state index contributed by atoms with van der Waals surface area (Å²) in [6.07, 6.45) is 0. The number of carbonyl (C=O) groups is 1. The number of benzene rings is 1. The molecule has 0 fully saturated rings. The summed E-state index contributed by atoms with van der Waals surface area (Å²) in [4.78, 5) is 11.1. The summed E-state index contributed by atoms with van der Waals surface area (Å²) < 4.78 is 32.4. The first kappa shape index (κ1) is 10.6. The zero-order valence-corrected chi connectivity index (χ0v) is 7.79. The molecule has 0 heterocycles. The van der Waals surface area contributed by atoms with Gasteiger partial charge in [0.15, 0.2) is 5.78 Å². The Balaban J connectivity index is 2.97. The Morgan fingerprint density at radius 2 is 1.93 bits per heavy atom. The van der Waals surface area contributed by atoms with Crippen LogP contribution in [0.4, 0.5) is 3.89 Å². The quantitative estimate of drug-likeness (QED) is 0.603. The Labute approximate surface area is 80.2 Å². The average Bonchev–Trinajstić information content (AvgIpc) is 2.01. The maximum atomic E-state index is 12.1. The first-order chi connectivity index (χ1) is 6.40. The number of rotatable bonds is 3. The highest BCUT2D eigenvalue weighted by Crippen LogP contribution is 2.16. The number of Topliss-reactive ketones (excluding diaryl/α,β-unsaturated/α-hetero) is 1. The minimum atomic E-state index is -4.85. The van der Waals surface area contributed by atoms with Crippen LogP contribution in [0.1, 0.15) is 10.4 Å². The number of hydrogen-bond donors (Lipinski definition) is 1. The number of phenolic OH excluding ortho intramolecular Hbond substituents is 1. The summed E-state index contributed by atoms with van der Waals surface area (Å²) in [5.41, 5.74) is -0.200. The molecule has 6 heteroatoms. The lowest BCUT2D eigenvalue weighted by atomic mass is 10.1. The summed E-state index contributed by atoms with van der Waals surface area (Å²) >= 11 is 0. The second-order valence-corrected chi connectivity index (χ2v) is 3.99. The van der Waals surface area contributed by atoms with Crippen LogP contribution in [-0.4, -0.2) is 25.1 Å². The smallest absolute Gasteiger partial charge is 0.309 e. The van der Waals surface area contributed by atoms with Crippen molar-refractivity contribution in [1.29, 1.82) is 0 Å². The van der Waals surface area contributed by atoms with Gasteiger partial charge in [-0.05, 0) is 12.1 Å². The molecule has 0 amide bonds. The molecule has 1 N–H and O–H groups in total. The predicted octanol–water partition coefficient (Wildman–Crippen LogP) is 0.874. The maximum absolute atomic E-state index is 12.1. The van der Waals surface area contributed by atoms with Gasteiger partial charge in [0.1, 0.15) is 11.5 Å². The van der Waals surface area contributed by atoms with Gasteiger partial charge in [0, 0.05) is 0 Å². The minimum Gasteiger partial charge on any atom is -0.507 e. The van der Waals surface area contributed by atoms with E-state index in [4.69, 9.17) is 5.11 Å². The lowest BCUT2D eigenvalue weighted by Gasteiger charge is -2.00. The maximum Gasteiger partial charge on any atom is 0.309 e. The zero-order valence-electron chi connectivity index (χ0n) is 6.97. The predicted molar refractivity (Wildman–Crippen MR) is 47.3 cm³/mol. The van der Waals surface area contributed by atoms with Crippen LogP contribution >= 0.6 is 0 Å². The molecule has 0 radical (unpaired) electrons. The van der Waals surface area contributed by atoms with Crippen LogP contribution in [-0.2, 0) is 10.2 Å². The van der Waals surface area contributed by atoms with Crippen molar-refractivity contribution in [3.8, 4) is 5.75 Å². The van der Waals surface area contributed by atoms with E-state index >= 15 is 0 Å². The number of halogens is 1. The lowest BCUT2D eigenvalue weighted by molar-refractivity contribution is 0.101. The average molecular weight is 218 g/mol. The van der Waals surface area contributed by atoms with Crippen molar-refractivity contribution in [1.82, 2.24) is 0 Å². The molecule has 0 aliphatic carbocycles. The highest BCUT2D eigenvalue weighted by molar-refractivity contribution is 7.87. The van der Waals surface area contributed by atoms with Gasteiger partial charge in [-0.15, -0.1) is 3.89 Å². The van der Waals surface area contributed by atoms with E-state index in [1.54, 1.807) is 0 Å². The van der Waals surface area contributed by atoms with E-state index in [2.05, 4.69) is 0 Å². The van der Waals surface area contributed by atoms with Crippen LogP contribution in [0.3, 0.4) is 0 Å². The molecule has 0 aliphatic heterocycles. The highest BCUT2D eigenvalue weighted by Gasteiger charge is 2.18. The second kappa shape index (κ2) is 3.75. The van der Waals surface area contributed by atoms with E-state index in [0.717, 1.165) is 0 Å². The molecule has 0 aliphatic rings. The van der Waals surface area contributed by atoms with Crippen molar-refractivity contribution < 1.29 is 22.2 Å². The zero-order chi connectivity index (χ0) is 10.8. The van der Waals surface area contributed by atoms with Gasteiger partial charge < -0.3 is 5.11 Å². The van der Waals surface area contributed by atoms with E-state index in [-0.39, 0.29) is 11.3 Å². The molecule has 0 saturated heterocycles. The van der Waals surface area contributed by atoms with E-state index in [9.17, 15) is 17.1 Å². The van der Waals surface area contributed by atoms with Crippen molar-refractivity contribution in [2.45, 2.75) is 0 Å². The Kier molecular flexibility index (Phi) is 2.85. The Morgan fingerprint density at radius 3 is 2.43 bits per heavy atom. The summed E-state index contributed by atoms with van der Waals surface area (Å²) in [6, 6.07) is 5.36. The van der Waals surface area contributed by atoms with Crippen molar-refractivity contribution in [2.75, 3.05) is 5.75 Å². The summed E-state index contributed by atoms with van der Waals surface area (Å²) in [7, 11) is -4.85. The molecule has 1 rings (SSSR count). The van der Waals surface area contributed by atoms with E-state index < -0.39 is 21.8 Å². The van der Waals surface area contributed by atoms with Crippen LogP contribution in [0.15, 0.2) is 24.3 Å². The van der Waals surface area contributed by atoms with Gasteiger partial charge in [0.25, 0.3) is 0 Å². The molecule has 14 heavy (non-hydrogen) atoms. The second-order valence-electron chi connectivity index (χ2n) is 2.62. The molecule has 0 spiro atoms. The van der Waals surface area contributed by atoms with Gasteiger partial charge in [0.2, 0.25) is 0 Å². The summed E-state index contributed by atoms with van der Waals surface area (Å²) in [5, 5.41) is 9.14. The number of phenols is 1. The Morgan fingerprint density at radius 1 is 1.36 bits per heavy atom. The fourth-order valence-corrected chi connectivity index (χ4v) is 1.41. The van der Waals surface area contributed by atoms with Crippen LogP contribution in [0, 0.1) is 0 Å². The largest absolute Gasteiger partial charge is 0.507 e. The third-order valence-corrected chi connectivity index (χ3v) is 2.11. The first-order valence-electron chi connectivity index (χ1n) is 3.63. The number of para-hydroxylation sites is 1. The molecule has 0 unspecified atom stereocenters. The van der Waals surface area contributed by atoms with Gasteiger partial charge in [-0.2, -0.15) is 8.42 Å². The molecule has 0 saturated carbocycles. The summed E-state index contributed by atoms with van der Waals surface area (Å²) in [6.45, 7) is 0. The molecule has 0 aromatic heterocycles. The van der Waals surface area contributed by atoms with Crippen LogP contribution in [0.5, 0.6) is 5.75 Å². The number of carbonyl (C=O) groups excluding carboxylic acids is 1. The van der Waals surface area contributed by atoms with E-state index in [0.29, 0.717) is 0 Å². The summed E-state index contributed by atoms with van der Waals surface area (Å²) in [5.74, 6) is -2.57. The normalized spacial score (nSPS) is 11.2. The SMILES string of the molecule is O=C(CS(=O)(=O)F)c1ccccc1O.